The van der Waals surface area contributed by atoms with Gasteiger partial charge in [0.05, 0.1) is 15.7 Å². The maximum atomic E-state index is 6.17. The minimum absolute atomic E-state index is 0.496. The molecule has 1 saturated carbocycles. The van der Waals surface area contributed by atoms with E-state index in [2.05, 4.69) is 19.2 Å². The number of nitrogens with one attached hydrogen (secondary N) is 1. The van der Waals surface area contributed by atoms with Crippen molar-refractivity contribution in [1.82, 2.24) is 0 Å². The minimum Gasteiger partial charge on any atom is -0.381 e. The lowest BCUT2D eigenvalue weighted by Gasteiger charge is -2.35. The second kappa shape index (κ2) is 5.07. The second-order valence-corrected chi connectivity index (χ2v) is 6.47. The van der Waals surface area contributed by atoms with Gasteiger partial charge in [-0.15, -0.1) is 0 Å². The molecule has 0 saturated heterocycles. The highest BCUT2D eigenvalue weighted by atomic mass is 35.5. The number of benzene rings is 1. The molecule has 0 aliphatic heterocycles. The Hall–Kier alpha value is -0.400. The van der Waals surface area contributed by atoms with Gasteiger partial charge in [0.25, 0.3) is 0 Å². The molecule has 0 bridgehead atoms. The fourth-order valence-electron chi connectivity index (χ4n) is 2.38. The van der Waals surface area contributed by atoms with Crippen LogP contribution in [0.15, 0.2) is 18.2 Å². The fraction of sp³-hybridized carbons (Fsp3) is 0.571. The summed E-state index contributed by atoms with van der Waals surface area (Å²) >= 11 is 12.2. The van der Waals surface area contributed by atoms with Crippen molar-refractivity contribution in [2.24, 2.45) is 5.41 Å². The van der Waals surface area contributed by atoms with E-state index in [1.807, 2.05) is 18.2 Å². The normalized spacial score (nSPS) is 20.2. The molecule has 1 aliphatic rings. The lowest BCUT2D eigenvalue weighted by molar-refractivity contribution is 0.232. The van der Waals surface area contributed by atoms with Gasteiger partial charge in [-0.2, -0.15) is 0 Å². The van der Waals surface area contributed by atoms with Crippen LogP contribution in [0.2, 0.25) is 10.0 Å². The third kappa shape index (κ3) is 3.29. The van der Waals surface area contributed by atoms with Gasteiger partial charge in [-0.3, -0.25) is 0 Å². The SMILES string of the molecule is CC1(C)CCC(Nc2cccc(Cl)c2Cl)CC1. The van der Waals surface area contributed by atoms with Crippen molar-refractivity contribution in [2.45, 2.75) is 45.6 Å². The Morgan fingerprint density at radius 3 is 2.47 bits per heavy atom. The van der Waals surface area contributed by atoms with Crippen molar-refractivity contribution in [3.63, 3.8) is 0 Å². The first-order valence-corrected chi connectivity index (χ1v) is 6.94. The third-order valence-corrected chi connectivity index (χ3v) is 4.47. The van der Waals surface area contributed by atoms with Crippen LogP contribution in [0.4, 0.5) is 5.69 Å². The molecule has 2 rings (SSSR count). The van der Waals surface area contributed by atoms with Gasteiger partial charge in [-0.1, -0.05) is 43.1 Å². The first-order valence-electron chi connectivity index (χ1n) is 6.18. The molecule has 1 aliphatic carbocycles. The van der Waals surface area contributed by atoms with Gasteiger partial charge < -0.3 is 5.32 Å². The average molecular weight is 272 g/mol. The molecule has 1 aromatic carbocycles. The summed E-state index contributed by atoms with van der Waals surface area (Å²) in [5, 5.41) is 4.77. The summed E-state index contributed by atoms with van der Waals surface area (Å²) in [5.74, 6) is 0. The summed E-state index contributed by atoms with van der Waals surface area (Å²) in [5.41, 5.74) is 1.46. The molecule has 94 valence electrons. The van der Waals surface area contributed by atoms with Crippen molar-refractivity contribution in [3.05, 3.63) is 28.2 Å². The summed E-state index contributed by atoms with van der Waals surface area (Å²) in [7, 11) is 0. The van der Waals surface area contributed by atoms with Crippen LogP contribution >= 0.6 is 23.2 Å². The minimum atomic E-state index is 0.496. The molecule has 1 nitrogen and oxygen atoms in total. The predicted octanol–water partition coefficient (Wildman–Crippen LogP) is 5.37. The van der Waals surface area contributed by atoms with Crippen LogP contribution in [0, 0.1) is 5.41 Å². The molecule has 1 aromatic rings. The molecule has 1 N–H and O–H groups in total. The van der Waals surface area contributed by atoms with Crippen LogP contribution < -0.4 is 5.32 Å². The fourth-order valence-corrected chi connectivity index (χ4v) is 2.73. The topological polar surface area (TPSA) is 12.0 Å². The van der Waals surface area contributed by atoms with E-state index < -0.39 is 0 Å². The van der Waals surface area contributed by atoms with Crippen LogP contribution in [0.3, 0.4) is 0 Å². The molecular weight excluding hydrogens is 253 g/mol. The van der Waals surface area contributed by atoms with E-state index in [4.69, 9.17) is 23.2 Å². The zero-order valence-corrected chi connectivity index (χ0v) is 11.9. The van der Waals surface area contributed by atoms with Crippen molar-refractivity contribution in [1.29, 1.82) is 0 Å². The molecule has 0 radical (unpaired) electrons. The van der Waals surface area contributed by atoms with E-state index in [1.165, 1.54) is 25.7 Å². The van der Waals surface area contributed by atoms with Crippen molar-refractivity contribution in [3.8, 4) is 0 Å². The van der Waals surface area contributed by atoms with E-state index in [9.17, 15) is 0 Å². The van der Waals surface area contributed by atoms with Crippen molar-refractivity contribution >= 4 is 28.9 Å². The Kier molecular flexibility index (Phi) is 3.89. The first-order chi connectivity index (χ1) is 7.98. The first kappa shape index (κ1) is 13.0. The predicted molar refractivity (Wildman–Crippen MR) is 76.1 cm³/mol. The highest BCUT2D eigenvalue weighted by Gasteiger charge is 2.26. The van der Waals surface area contributed by atoms with E-state index in [0.29, 0.717) is 21.5 Å². The number of halogens is 2. The summed E-state index contributed by atoms with van der Waals surface area (Å²) in [4.78, 5) is 0. The molecule has 0 atom stereocenters. The van der Waals surface area contributed by atoms with Gasteiger partial charge in [-0.05, 0) is 43.2 Å². The van der Waals surface area contributed by atoms with Crippen LogP contribution in [-0.4, -0.2) is 6.04 Å². The maximum absolute atomic E-state index is 6.17. The van der Waals surface area contributed by atoms with Gasteiger partial charge in [0.2, 0.25) is 0 Å². The van der Waals surface area contributed by atoms with E-state index in [1.54, 1.807) is 0 Å². The summed E-state index contributed by atoms with van der Waals surface area (Å²) in [6, 6.07) is 6.27. The molecule has 3 heteroatoms. The van der Waals surface area contributed by atoms with Gasteiger partial charge in [-0.25, -0.2) is 0 Å². The highest BCUT2D eigenvalue weighted by Crippen LogP contribution is 2.37. The van der Waals surface area contributed by atoms with Gasteiger partial charge >= 0.3 is 0 Å². The lowest BCUT2D eigenvalue weighted by atomic mass is 9.75. The van der Waals surface area contributed by atoms with Crippen LogP contribution in [0.25, 0.3) is 0 Å². The molecule has 17 heavy (non-hydrogen) atoms. The Balaban J connectivity index is 2.00. The molecule has 0 aromatic heterocycles. The Labute approximate surface area is 114 Å². The second-order valence-electron chi connectivity index (χ2n) is 5.68. The molecule has 0 unspecified atom stereocenters. The molecule has 0 heterocycles. The zero-order chi connectivity index (χ0) is 12.5. The number of hydrogen-bond donors (Lipinski definition) is 1. The quantitative estimate of drug-likeness (QED) is 0.762. The van der Waals surface area contributed by atoms with Crippen LogP contribution in [-0.2, 0) is 0 Å². The van der Waals surface area contributed by atoms with E-state index in [0.717, 1.165) is 5.69 Å². The third-order valence-electron chi connectivity index (χ3n) is 3.65. The summed E-state index contributed by atoms with van der Waals surface area (Å²) in [6.45, 7) is 4.69. The number of anilines is 1. The van der Waals surface area contributed by atoms with Crippen LogP contribution in [0.5, 0.6) is 0 Å². The molecule has 1 fully saturated rings. The molecule has 0 spiro atoms. The number of rotatable bonds is 2. The molecule has 0 amide bonds. The average Bonchev–Trinajstić information content (AvgIpc) is 2.27. The van der Waals surface area contributed by atoms with Gasteiger partial charge in [0, 0.05) is 6.04 Å². The van der Waals surface area contributed by atoms with E-state index in [-0.39, 0.29) is 0 Å². The Morgan fingerprint density at radius 2 is 1.82 bits per heavy atom. The van der Waals surface area contributed by atoms with E-state index >= 15 is 0 Å². The van der Waals surface area contributed by atoms with Crippen LogP contribution in [0.1, 0.15) is 39.5 Å². The highest BCUT2D eigenvalue weighted by molar-refractivity contribution is 6.43. The smallest absolute Gasteiger partial charge is 0.0823 e. The zero-order valence-electron chi connectivity index (χ0n) is 10.4. The number of hydrogen-bond acceptors (Lipinski definition) is 1. The molecular formula is C14H19Cl2N. The summed E-state index contributed by atoms with van der Waals surface area (Å²) in [6.07, 6.45) is 4.94. The van der Waals surface area contributed by atoms with Crippen molar-refractivity contribution in [2.75, 3.05) is 5.32 Å². The standard InChI is InChI=1S/C14H19Cl2N/c1-14(2)8-6-10(7-9-14)17-12-5-3-4-11(15)13(12)16/h3-5,10,17H,6-9H2,1-2H3. The maximum Gasteiger partial charge on any atom is 0.0823 e. The summed E-state index contributed by atoms with van der Waals surface area (Å²) < 4.78 is 0. The van der Waals surface area contributed by atoms with Crippen molar-refractivity contribution < 1.29 is 0 Å². The van der Waals surface area contributed by atoms with Gasteiger partial charge in [0.1, 0.15) is 0 Å². The Morgan fingerprint density at radius 1 is 1.18 bits per heavy atom. The monoisotopic (exact) mass is 271 g/mol. The lowest BCUT2D eigenvalue weighted by Crippen LogP contribution is -2.29. The largest absolute Gasteiger partial charge is 0.381 e. The Bertz CT molecular complexity index is 391. The van der Waals surface area contributed by atoms with Gasteiger partial charge in [0.15, 0.2) is 0 Å².